The van der Waals surface area contributed by atoms with Crippen LogP contribution < -0.4 is 5.73 Å². The number of sulfone groups is 1. The van der Waals surface area contributed by atoms with Crippen molar-refractivity contribution >= 4 is 9.84 Å². The number of hydrogen-bond acceptors (Lipinski definition) is 5. The summed E-state index contributed by atoms with van der Waals surface area (Å²) in [4.78, 5) is 4.98. The van der Waals surface area contributed by atoms with Crippen LogP contribution in [0.5, 0.6) is 0 Å². The molecule has 0 aromatic rings. The van der Waals surface area contributed by atoms with Crippen molar-refractivity contribution < 1.29 is 8.42 Å². The maximum absolute atomic E-state index is 11.9. The molecule has 3 aliphatic heterocycles. The van der Waals surface area contributed by atoms with Crippen molar-refractivity contribution in [3.05, 3.63) is 0 Å². The van der Waals surface area contributed by atoms with Crippen LogP contribution in [0, 0.1) is 0 Å². The Hall–Kier alpha value is -0.170. The minimum absolute atomic E-state index is 0.257. The summed E-state index contributed by atoms with van der Waals surface area (Å²) in [6.45, 7) is 5.94. The zero-order valence-corrected chi connectivity index (χ0v) is 12.5. The Morgan fingerprint density at radius 2 is 2.16 bits per heavy atom. The summed E-state index contributed by atoms with van der Waals surface area (Å²) >= 11 is 0. The SMILES string of the molecule is CC1CN2CCCC2CN1C1(CN)CCS(=O)(=O)C1. The minimum atomic E-state index is -2.90. The van der Waals surface area contributed by atoms with Crippen LogP contribution >= 0.6 is 0 Å². The minimum Gasteiger partial charge on any atom is -0.329 e. The van der Waals surface area contributed by atoms with Gasteiger partial charge in [-0.25, -0.2) is 8.42 Å². The van der Waals surface area contributed by atoms with Gasteiger partial charge >= 0.3 is 0 Å². The number of rotatable bonds is 2. The van der Waals surface area contributed by atoms with Gasteiger partial charge in [0.15, 0.2) is 9.84 Å². The summed E-state index contributed by atoms with van der Waals surface area (Å²) < 4.78 is 23.8. The standard InChI is InChI=1S/C13H25N3O2S/c1-11-7-15-5-2-3-12(15)8-16(11)13(9-14)4-6-19(17,18)10-13/h11-12H,2-10,14H2,1H3. The summed E-state index contributed by atoms with van der Waals surface area (Å²) in [6, 6.07) is 1.02. The zero-order chi connectivity index (χ0) is 13.7. The molecular formula is C13H25N3O2S. The first kappa shape index (κ1) is 13.8. The molecule has 0 aromatic heterocycles. The van der Waals surface area contributed by atoms with Gasteiger partial charge in [-0.05, 0) is 32.7 Å². The van der Waals surface area contributed by atoms with E-state index in [0.717, 1.165) is 13.1 Å². The molecule has 6 heteroatoms. The normalized spacial score (nSPS) is 43.5. The predicted octanol–water partition coefficient (Wildman–Crippen LogP) is -0.329. The highest BCUT2D eigenvalue weighted by Crippen LogP contribution is 2.35. The van der Waals surface area contributed by atoms with Gasteiger partial charge in [-0.3, -0.25) is 9.80 Å². The Kier molecular flexibility index (Phi) is 3.40. The van der Waals surface area contributed by atoms with E-state index in [1.807, 2.05) is 0 Å². The van der Waals surface area contributed by atoms with Crippen LogP contribution in [0.2, 0.25) is 0 Å². The molecule has 0 aliphatic carbocycles. The van der Waals surface area contributed by atoms with Crippen LogP contribution in [0.4, 0.5) is 0 Å². The molecule has 3 saturated heterocycles. The Morgan fingerprint density at radius 1 is 1.37 bits per heavy atom. The highest BCUT2D eigenvalue weighted by molar-refractivity contribution is 7.91. The topological polar surface area (TPSA) is 66.6 Å². The fraction of sp³-hybridized carbons (Fsp3) is 1.00. The van der Waals surface area contributed by atoms with Gasteiger partial charge in [0.25, 0.3) is 0 Å². The fourth-order valence-electron chi connectivity index (χ4n) is 4.25. The molecule has 0 aromatic carbocycles. The molecule has 0 radical (unpaired) electrons. The van der Waals surface area contributed by atoms with E-state index in [0.29, 0.717) is 30.8 Å². The van der Waals surface area contributed by atoms with Crippen LogP contribution in [0.1, 0.15) is 26.2 Å². The van der Waals surface area contributed by atoms with E-state index in [2.05, 4.69) is 16.7 Å². The monoisotopic (exact) mass is 287 g/mol. The van der Waals surface area contributed by atoms with Crippen LogP contribution in [-0.4, -0.2) is 73.5 Å². The maximum Gasteiger partial charge on any atom is 0.152 e. The average Bonchev–Trinajstić information content (AvgIpc) is 2.92. The van der Waals surface area contributed by atoms with Gasteiger partial charge in [-0.2, -0.15) is 0 Å². The summed E-state index contributed by atoms with van der Waals surface area (Å²) in [5.41, 5.74) is 5.70. The number of hydrogen-bond donors (Lipinski definition) is 1. The lowest BCUT2D eigenvalue weighted by Crippen LogP contribution is -2.66. The molecule has 3 heterocycles. The molecule has 3 aliphatic rings. The lowest BCUT2D eigenvalue weighted by atomic mass is 9.92. The van der Waals surface area contributed by atoms with Gasteiger partial charge < -0.3 is 5.73 Å². The fourth-order valence-corrected chi connectivity index (χ4v) is 6.33. The Morgan fingerprint density at radius 3 is 2.79 bits per heavy atom. The highest BCUT2D eigenvalue weighted by atomic mass is 32.2. The van der Waals surface area contributed by atoms with E-state index in [9.17, 15) is 8.42 Å². The van der Waals surface area contributed by atoms with Crippen molar-refractivity contribution in [2.75, 3.05) is 37.7 Å². The summed E-state index contributed by atoms with van der Waals surface area (Å²) in [5.74, 6) is 0.565. The second-order valence-electron chi connectivity index (χ2n) is 6.56. The Labute approximate surface area is 116 Å². The predicted molar refractivity (Wildman–Crippen MR) is 75.8 cm³/mol. The van der Waals surface area contributed by atoms with Crippen molar-refractivity contribution in [3.8, 4) is 0 Å². The molecule has 0 amide bonds. The molecule has 110 valence electrons. The van der Waals surface area contributed by atoms with Crippen molar-refractivity contribution in [1.29, 1.82) is 0 Å². The Bertz CT molecular complexity index is 453. The van der Waals surface area contributed by atoms with Gasteiger partial charge in [0.1, 0.15) is 0 Å². The van der Waals surface area contributed by atoms with Gasteiger partial charge in [0.2, 0.25) is 0 Å². The molecular weight excluding hydrogens is 262 g/mol. The maximum atomic E-state index is 11.9. The number of nitrogens with two attached hydrogens (primary N) is 1. The van der Waals surface area contributed by atoms with Gasteiger partial charge in [0, 0.05) is 37.3 Å². The quantitative estimate of drug-likeness (QED) is 0.753. The lowest BCUT2D eigenvalue weighted by Gasteiger charge is -2.50. The third-order valence-electron chi connectivity index (χ3n) is 5.29. The second-order valence-corrected chi connectivity index (χ2v) is 8.75. The highest BCUT2D eigenvalue weighted by Gasteiger charge is 2.50. The van der Waals surface area contributed by atoms with E-state index in [1.165, 1.54) is 19.4 Å². The third-order valence-corrected chi connectivity index (χ3v) is 7.10. The third kappa shape index (κ3) is 2.33. The van der Waals surface area contributed by atoms with Crippen molar-refractivity contribution in [2.45, 2.75) is 43.8 Å². The largest absolute Gasteiger partial charge is 0.329 e. The Balaban J connectivity index is 1.83. The summed E-state index contributed by atoms with van der Waals surface area (Å²) in [7, 11) is -2.90. The molecule has 0 bridgehead atoms. The average molecular weight is 287 g/mol. The molecule has 5 nitrogen and oxygen atoms in total. The molecule has 0 spiro atoms. The number of nitrogens with zero attached hydrogens (tertiary/aromatic N) is 2. The molecule has 3 fully saturated rings. The second kappa shape index (κ2) is 4.69. The van der Waals surface area contributed by atoms with Gasteiger partial charge in [0.05, 0.1) is 11.5 Å². The van der Waals surface area contributed by atoms with Gasteiger partial charge in [-0.15, -0.1) is 0 Å². The van der Waals surface area contributed by atoms with E-state index < -0.39 is 9.84 Å². The molecule has 0 saturated carbocycles. The number of fused-ring (bicyclic) bond motifs is 1. The van der Waals surface area contributed by atoms with Crippen LogP contribution in [0.3, 0.4) is 0 Å². The van der Waals surface area contributed by atoms with E-state index in [4.69, 9.17) is 5.73 Å². The smallest absolute Gasteiger partial charge is 0.152 e. The molecule has 3 atom stereocenters. The number of piperazine rings is 1. The van der Waals surface area contributed by atoms with Crippen molar-refractivity contribution in [3.63, 3.8) is 0 Å². The van der Waals surface area contributed by atoms with Crippen LogP contribution in [0.25, 0.3) is 0 Å². The summed E-state index contributed by atoms with van der Waals surface area (Å²) in [6.07, 6.45) is 3.23. The zero-order valence-electron chi connectivity index (χ0n) is 11.7. The van der Waals surface area contributed by atoms with E-state index >= 15 is 0 Å². The van der Waals surface area contributed by atoms with Crippen LogP contribution in [-0.2, 0) is 9.84 Å². The first-order valence-corrected chi connectivity index (χ1v) is 9.19. The summed E-state index contributed by atoms with van der Waals surface area (Å²) in [5, 5.41) is 0. The van der Waals surface area contributed by atoms with E-state index in [1.54, 1.807) is 0 Å². The van der Waals surface area contributed by atoms with Crippen molar-refractivity contribution in [2.24, 2.45) is 5.73 Å². The van der Waals surface area contributed by atoms with E-state index in [-0.39, 0.29) is 11.3 Å². The molecule has 2 N–H and O–H groups in total. The molecule has 3 rings (SSSR count). The van der Waals surface area contributed by atoms with Crippen molar-refractivity contribution in [1.82, 2.24) is 9.80 Å². The van der Waals surface area contributed by atoms with Gasteiger partial charge in [-0.1, -0.05) is 0 Å². The first-order chi connectivity index (χ1) is 8.96. The molecule has 3 unspecified atom stereocenters. The lowest BCUT2D eigenvalue weighted by molar-refractivity contribution is -0.00932. The molecule has 19 heavy (non-hydrogen) atoms. The first-order valence-electron chi connectivity index (χ1n) is 7.37. The van der Waals surface area contributed by atoms with Crippen LogP contribution in [0.15, 0.2) is 0 Å².